The number of nitriles is 1. The SMILES string of the molecule is CCOC(=O)/C(C#N)=N\Nc1ccccc1F. The summed E-state index contributed by atoms with van der Waals surface area (Å²) in [6, 6.07) is 7.34. The van der Waals surface area contributed by atoms with Crippen molar-refractivity contribution < 1.29 is 13.9 Å². The minimum absolute atomic E-state index is 0.0737. The van der Waals surface area contributed by atoms with E-state index in [2.05, 4.69) is 15.3 Å². The summed E-state index contributed by atoms with van der Waals surface area (Å²) in [7, 11) is 0. The molecule has 0 heterocycles. The molecule has 0 radical (unpaired) electrons. The molecular formula is C11H10FN3O2. The van der Waals surface area contributed by atoms with E-state index in [0.717, 1.165) is 0 Å². The van der Waals surface area contributed by atoms with Gasteiger partial charge in [-0.3, -0.25) is 5.43 Å². The highest BCUT2D eigenvalue weighted by molar-refractivity contribution is 6.43. The molecule has 0 unspecified atom stereocenters. The van der Waals surface area contributed by atoms with E-state index < -0.39 is 17.5 Å². The fourth-order valence-electron chi connectivity index (χ4n) is 0.984. The van der Waals surface area contributed by atoms with Gasteiger partial charge in [-0.05, 0) is 19.1 Å². The first-order valence-electron chi connectivity index (χ1n) is 4.84. The van der Waals surface area contributed by atoms with Crippen LogP contribution in [0.4, 0.5) is 10.1 Å². The molecule has 6 heteroatoms. The monoisotopic (exact) mass is 235 g/mol. The topological polar surface area (TPSA) is 74.5 Å². The molecule has 1 rings (SSSR count). The van der Waals surface area contributed by atoms with E-state index in [1.807, 2.05) is 0 Å². The molecule has 88 valence electrons. The van der Waals surface area contributed by atoms with Crippen molar-refractivity contribution in [2.24, 2.45) is 5.10 Å². The number of nitrogens with one attached hydrogen (secondary N) is 1. The molecule has 0 spiro atoms. The average molecular weight is 235 g/mol. The number of hydrogen-bond acceptors (Lipinski definition) is 5. The Hall–Kier alpha value is -2.42. The molecule has 0 aliphatic rings. The average Bonchev–Trinajstić information content (AvgIpc) is 2.32. The summed E-state index contributed by atoms with van der Waals surface area (Å²) in [5, 5.41) is 12.1. The van der Waals surface area contributed by atoms with Crippen molar-refractivity contribution in [1.29, 1.82) is 5.26 Å². The Morgan fingerprint density at radius 3 is 2.88 bits per heavy atom. The van der Waals surface area contributed by atoms with E-state index in [4.69, 9.17) is 5.26 Å². The third kappa shape index (κ3) is 3.57. The number of hydrazone groups is 1. The van der Waals surface area contributed by atoms with Crippen LogP contribution in [0.3, 0.4) is 0 Å². The molecule has 1 aromatic carbocycles. The van der Waals surface area contributed by atoms with Crippen LogP contribution in [-0.4, -0.2) is 18.3 Å². The van der Waals surface area contributed by atoms with Gasteiger partial charge in [-0.15, -0.1) is 0 Å². The second kappa shape index (κ2) is 6.23. The molecule has 0 aromatic heterocycles. The van der Waals surface area contributed by atoms with E-state index in [0.29, 0.717) is 0 Å². The molecule has 0 aliphatic carbocycles. The molecule has 1 N–H and O–H groups in total. The number of hydrogen-bond donors (Lipinski definition) is 1. The number of benzene rings is 1. The Morgan fingerprint density at radius 1 is 1.59 bits per heavy atom. The predicted octanol–water partition coefficient (Wildman–Crippen LogP) is 1.68. The normalized spacial score (nSPS) is 10.5. The minimum atomic E-state index is -0.848. The molecule has 0 amide bonds. The lowest BCUT2D eigenvalue weighted by atomic mass is 10.3. The number of carbonyl (C=O) groups is 1. The van der Waals surface area contributed by atoms with Crippen molar-refractivity contribution in [3.05, 3.63) is 30.1 Å². The number of nitrogens with zero attached hydrogens (tertiary/aromatic N) is 2. The van der Waals surface area contributed by atoms with Crippen LogP contribution < -0.4 is 5.43 Å². The van der Waals surface area contributed by atoms with Crippen LogP contribution in [0, 0.1) is 17.1 Å². The molecule has 0 atom stereocenters. The lowest BCUT2D eigenvalue weighted by molar-refractivity contribution is -0.134. The zero-order valence-electron chi connectivity index (χ0n) is 9.11. The van der Waals surface area contributed by atoms with Gasteiger partial charge in [0.2, 0.25) is 5.71 Å². The van der Waals surface area contributed by atoms with E-state index >= 15 is 0 Å². The standard InChI is InChI=1S/C11H10FN3O2/c1-2-17-11(16)10(7-13)15-14-9-6-4-3-5-8(9)12/h3-6,14H,2H2,1H3/b15-10-. The lowest BCUT2D eigenvalue weighted by Gasteiger charge is -2.02. The van der Waals surface area contributed by atoms with Crippen LogP contribution in [0.1, 0.15) is 6.92 Å². The summed E-state index contributed by atoms with van der Waals surface area (Å²) in [6.07, 6.45) is 0. The van der Waals surface area contributed by atoms with Crippen molar-refractivity contribution >= 4 is 17.4 Å². The molecule has 17 heavy (non-hydrogen) atoms. The summed E-state index contributed by atoms with van der Waals surface area (Å²) in [5.41, 5.74) is 1.90. The first-order valence-corrected chi connectivity index (χ1v) is 4.84. The Bertz CT molecular complexity index is 480. The maximum Gasteiger partial charge on any atom is 0.369 e. The summed E-state index contributed by atoms with van der Waals surface area (Å²) in [6.45, 7) is 1.75. The van der Waals surface area contributed by atoms with Gasteiger partial charge in [0.15, 0.2) is 0 Å². The predicted molar refractivity (Wildman–Crippen MR) is 59.7 cm³/mol. The van der Waals surface area contributed by atoms with Crippen LogP contribution in [-0.2, 0) is 9.53 Å². The van der Waals surface area contributed by atoms with E-state index in [1.165, 1.54) is 18.2 Å². The van der Waals surface area contributed by atoms with Crippen LogP contribution in [0.15, 0.2) is 29.4 Å². The number of carbonyl (C=O) groups excluding carboxylic acids is 1. The number of rotatable bonds is 4. The van der Waals surface area contributed by atoms with Crippen LogP contribution in [0.5, 0.6) is 0 Å². The van der Waals surface area contributed by atoms with E-state index in [-0.39, 0.29) is 12.3 Å². The van der Waals surface area contributed by atoms with Gasteiger partial charge in [-0.25, -0.2) is 9.18 Å². The summed E-state index contributed by atoms with van der Waals surface area (Å²) < 4.78 is 17.7. The molecule has 5 nitrogen and oxygen atoms in total. The first kappa shape index (κ1) is 12.6. The molecule has 0 saturated carbocycles. The Kier molecular flexibility index (Phi) is 4.63. The van der Waals surface area contributed by atoms with Crippen molar-refractivity contribution in [2.75, 3.05) is 12.0 Å². The van der Waals surface area contributed by atoms with Crippen molar-refractivity contribution in [3.8, 4) is 6.07 Å². The largest absolute Gasteiger partial charge is 0.461 e. The van der Waals surface area contributed by atoms with Crippen LogP contribution >= 0.6 is 0 Å². The Balaban J connectivity index is 2.79. The smallest absolute Gasteiger partial charge is 0.369 e. The highest BCUT2D eigenvalue weighted by atomic mass is 19.1. The van der Waals surface area contributed by atoms with Crippen molar-refractivity contribution in [3.63, 3.8) is 0 Å². The molecule has 0 aliphatic heterocycles. The summed E-state index contributed by atoms with van der Waals surface area (Å²) in [5.74, 6) is -1.38. The number of halogens is 1. The van der Waals surface area contributed by atoms with Gasteiger partial charge in [0.05, 0.1) is 12.3 Å². The van der Waals surface area contributed by atoms with Crippen molar-refractivity contribution in [1.82, 2.24) is 0 Å². The van der Waals surface area contributed by atoms with Gasteiger partial charge in [0.1, 0.15) is 11.9 Å². The van der Waals surface area contributed by atoms with Crippen LogP contribution in [0.2, 0.25) is 0 Å². The molecule has 0 saturated heterocycles. The molecular weight excluding hydrogens is 225 g/mol. The zero-order chi connectivity index (χ0) is 12.7. The third-order valence-electron chi connectivity index (χ3n) is 1.74. The molecule has 0 bridgehead atoms. The zero-order valence-corrected chi connectivity index (χ0v) is 9.11. The second-order valence-electron chi connectivity index (χ2n) is 2.88. The number of para-hydroxylation sites is 1. The quantitative estimate of drug-likeness (QED) is 0.489. The Labute approximate surface area is 97.5 Å². The van der Waals surface area contributed by atoms with Gasteiger partial charge in [0.25, 0.3) is 0 Å². The fraction of sp³-hybridized carbons (Fsp3) is 0.182. The van der Waals surface area contributed by atoms with Crippen molar-refractivity contribution in [2.45, 2.75) is 6.92 Å². The maximum atomic E-state index is 13.2. The van der Waals surface area contributed by atoms with Crippen LogP contribution in [0.25, 0.3) is 0 Å². The van der Waals surface area contributed by atoms with E-state index in [1.54, 1.807) is 19.1 Å². The highest BCUT2D eigenvalue weighted by Gasteiger charge is 2.11. The van der Waals surface area contributed by atoms with Gasteiger partial charge in [-0.2, -0.15) is 10.4 Å². The Morgan fingerprint density at radius 2 is 2.29 bits per heavy atom. The number of anilines is 1. The van der Waals surface area contributed by atoms with Gasteiger partial charge in [0, 0.05) is 0 Å². The van der Waals surface area contributed by atoms with E-state index in [9.17, 15) is 9.18 Å². The summed E-state index contributed by atoms with van der Waals surface area (Å²) >= 11 is 0. The van der Waals surface area contributed by atoms with Gasteiger partial charge in [-0.1, -0.05) is 12.1 Å². The lowest BCUT2D eigenvalue weighted by Crippen LogP contribution is -2.17. The fourth-order valence-corrected chi connectivity index (χ4v) is 0.984. The maximum absolute atomic E-state index is 13.2. The second-order valence-corrected chi connectivity index (χ2v) is 2.88. The molecule has 0 fully saturated rings. The first-order chi connectivity index (χ1) is 8.19. The highest BCUT2D eigenvalue weighted by Crippen LogP contribution is 2.11. The minimum Gasteiger partial charge on any atom is -0.461 e. The number of esters is 1. The van der Waals surface area contributed by atoms with Gasteiger partial charge >= 0.3 is 5.97 Å². The number of ether oxygens (including phenoxy) is 1. The summed E-state index contributed by atoms with van der Waals surface area (Å²) in [4.78, 5) is 11.2. The third-order valence-corrected chi connectivity index (χ3v) is 1.74. The van der Waals surface area contributed by atoms with Gasteiger partial charge < -0.3 is 4.74 Å². The molecule has 1 aromatic rings.